The average molecular weight is 323 g/mol. The molecule has 0 N–H and O–H groups in total. The monoisotopic (exact) mass is 323 g/mol. The van der Waals surface area contributed by atoms with Crippen LogP contribution in [0.1, 0.15) is 11.3 Å². The van der Waals surface area contributed by atoms with Gasteiger partial charge < -0.3 is 4.90 Å². The molecule has 2 aromatic rings. The number of aromatic nitrogens is 1. The van der Waals surface area contributed by atoms with Crippen molar-refractivity contribution < 1.29 is 4.92 Å². The van der Waals surface area contributed by atoms with Gasteiger partial charge in [0.2, 0.25) is 5.69 Å². The molecule has 0 atom stereocenters. The summed E-state index contributed by atoms with van der Waals surface area (Å²) in [6.07, 6.45) is 0. The SMILES string of the molecule is N#Cc1nc(N2CCN(Cc3ccccc3)CC2)ccc1[N+](=O)[O-]. The molecule has 0 spiro atoms. The molecule has 7 heteroatoms. The number of nitriles is 1. The molecule has 24 heavy (non-hydrogen) atoms. The molecule has 0 bridgehead atoms. The smallest absolute Gasteiger partial charge is 0.305 e. The van der Waals surface area contributed by atoms with Crippen LogP contribution in [0.5, 0.6) is 0 Å². The summed E-state index contributed by atoms with van der Waals surface area (Å²) in [4.78, 5) is 18.9. The maximum Gasteiger partial charge on any atom is 0.305 e. The predicted molar refractivity (Wildman–Crippen MR) is 89.5 cm³/mol. The Morgan fingerprint density at radius 3 is 2.46 bits per heavy atom. The van der Waals surface area contributed by atoms with E-state index in [0.29, 0.717) is 5.82 Å². The first kappa shape index (κ1) is 15.9. The maximum atomic E-state index is 10.9. The summed E-state index contributed by atoms with van der Waals surface area (Å²) < 4.78 is 0. The summed E-state index contributed by atoms with van der Waals surface area (Å²) in [5, 5.41) is 19.9. The molecule has 1 aromatic heterocycles. The quantitative estimate of drug-likeness (QED) is 0.633. The van der Waals surface area contributed by atoms with Crippen molar-refractivity contribution in [2.45, 2.75) is 6.54 Å². The third-order valence-electron chi connectivity index (χ3n) is 4.11. The molecule has 0 aliphatic carbocycles. The van der Waals surface area contributed by atoms with Crippen molar-refractivity contribution >= 4 is 11.5 Å². The number of rotatable bonds is 4. The van der Waals surface area contributed by atoms with Crippen LogP contribution in [0, 0.1) is 21.4 Å². The van der Waals surface area contributed by atoms with E-state index in [2.05, 4.69) is 26.9 Å². The number of benzene rings is 1. The van der Waals surface area contributed by atoms with Gasteiger partial charge in [0.05, 0.1) is 4.92 Å². The second kappa shape index (κ2) is 7.06. The van der Waals surface area contributed by atoms with Gasteiger partial charge in [0.15, 0.2) is 0 Å². The van der Waals surface area contributed by atoms with Crippen molar-refractivity contribution in [1.29, 1.82) is 5.26 Å². The van der Waals surface area contributed by atoms with Gasteiger partial charge in [-0.25, -0.2) is 4.98 Å². The van der Waals surface area contributed by atoms with E-state index < -0.39 is 4.92 Å². The van der Waals surface area contributed by atoms with Crippen molar-refractivity contribution in [2.75, 3.05) is 31.1 Å². The molecule has 2 heterocycles. The zero-order valence-corrected chi connectivity index (χ0v) is 13.1. The molecular formula is C17H17N5O2. The van der Waals surface area contributed by atoms with Crippen LogP contribution in [0.4, 0.5) is 11.5 Å². The first-order valence-electron chi connectivity index (χ1n) is 7.74. The van der Waals surface area contributed by atoms with Gasteiger partial charge in [-0.3, -0.25) is 15.0 Å². The van der Waals surface area contributed by atoms with Crippen LogP contribution < -0.4 is 4.90 Å². The third-order valence-corrected chi connectivity index (χ3v) is 4.11. The van der Waals surface area contributed by atoms with E-state index >= 15 is 0 Å². The Bertz CT molecular complexity index is 764. The molecular weight excluding hydrogens is 306 g/mol. The number of pyridine rings is 1. The molecule has 1 aromatic carbocycles. The average Bonchev–Trinajstić information content (AvgIpc) is 2.62. The number of hydrogen-bond acceptors (Lipinski definition) is 6. The van der Waals surface area contributed by atoms with E-state index in [1.165, 1.54) is 11.6 Å². The Balaban J connectivity index is 1.64. The second-order valence-corrected chi connectivity index (χ2v) is 5.65. The van der Waals surface area contributed by atoms with Crippen LogP contribution >= 0.6 is 0 Å². The molecule has 1 fully saturated rings. The van der Waals surface area contributed by atoms with Crippen LogP contribution in [-0.2, 0) is 6.54 Å². The van der Waals surface area contributed by atoms with E-state index in [4.69, 9.17) is 5.26 Å². The summed E-state index contributed by atoms with van der Waals surface area (Å²) in [6, 6.07) is 15.1. The van der Waals surface area contributed by atoms with Gasteiger partial charge in [0.1, 0.15) is 11.9 Å². The van der Waals surface area contributed by atoms with E-state index in [-0.39, 0.29) is 11.4 Å². The Hall–Kier alpha value is -2.98. The standard InChI is InChI=1S/C17H17N5O2/c18-12-15-16(22(23)24)6-7-17(19-15)21-10-8-20(9-11-21)13-14-4-2-1-3-5-14/h1-7H,8-11,13H2. The number of nitrogens with zero attached hydrogens (tertiary/aromatic N) is 5. The van der Waals surface area contributed by atoms with Crippen molar-refractivity contribution in [1.82, 2.24) is 9.88 Å². The Labute approximate surface area is 139 Å². The highest BCUT2D eigenvalue weighted by molar-refractivity contribution is 5.51. The molecule has 0 unspecified atom stereocenters. The first-order chi connectivity index (χ1) is 11.7. The molecule has 0 saturated carbocycles. The van der Waals surface area contributed by atoms with Gasteiger partial charge >= 0.3 is 5.69 Å². The lowest BCUT2D eigenvalue weighted by Crippen LogP contribution is -2.46. The second-order valence-electron chi connectivity index (χ2n) is 5.65. The van der Waals surface area contributed by atoms with Gasteiger partial charge in [-0.2, -0.15) is 5.26 Å². The zero-order chi connectivity index (χ0) is 16.9. The van der Waals surface area contributed by atoms with E-state index in [9.17, 15) is 10.1 Å². The topological polar surface area (TPSA) is 86.3 Å². The number of hydrogen-bond donors (Lipinski definition) is 0. The fraction of sp³-hybridized carbons (Fsp3) is 0.294. The van der Waals surface area contributed by atoms with E-state index in [1.54, 1.807) is 6.07 Å². The van der Waals surface area contributed by atoms with Crippen LogP contribution in [0.3, 0.4) is 0 Å². The van der Waals surface area contributed by atoms with Crippen LogP contribution in [0.2, 0.25) is 0 Å². The molecule has 1 saturated heterocycles. The molecule has 1 aliphatic heterocycles. The molecule has 1 aliphatic rings. The van der Waals surface area contributed by atoms with Crippen LogP contribution in [0.15, 0.2) is 42.5 Å². The van der Waals surface area contributed by atoms with Crippen molar-refractivity contribution in [3.05, 3.63) is 63.8 Å². The zero-order valence-electron chi connectivity index (χ0n) is 13.1. The summed E-state index contributed by atoms with van der Waals surface area (Å²) in [5.41, 5.74) is 0.902. The molecule has 3 rings (SSSR count). The minimum absolute atomic E-state index is 0.135. The predicted octanol–water partition coefficient (Wildman–Crippen LogP) is 2.18. The minimum atomic E-state index is -0.576. The lowest BCUT2D eigenvalue weighted by Gasteiger charge is -2.35. The highest BCUT2D eigenvalue weighted by atomic mass is 16.6. The van der Waals surface area contributed by atoms with Crippen LogP contribution in [0.25, 0.3) is 0 Å². The summed E-state index contributed by atoms with van der Waals surface area (Å²) >= 11 is 0. The van der Waals surface area contributed by atoms with Crippen LogP contribution in [-0.4, -0.2) is 41.0 Å². The number of piperazine rings is 1. The van der Waals surface area contributed by atoms with Gasteiger partial charge in [-0.1, -0.05) is 30.3 Å². The molecule has 7 nitrogen and oxygen atoms in total. The highest BCUT2D eigenvalue weighted by Crippen LogP contribution is 2.21. The highest BCUT2D eigenvalue weighted by Gasteiger charge is 2.21. The van der Waals surface area contributed by atoms with E-state index in [0.717, 1.165) is 32.7 Å². The first-order valence-corrected chi connectivity index (χ1v) is 7.74. The number of anilines is 1. The van der Waals surface area contributed by atoms with Crippen molar-refractivity contribution in [3.8, 4) is 6.07 Å². The lowest BCUT2D eigenvalue weighted by molar-refractivity contribution is -0.385. The van der Waals surface area contributed by atoms with Gasteiger partial charge in [0.25, 0.3) is 0 Å². The number of nitro groups is 1. The third kappa shape index (κ3) is 3.50. The molecule has 0 amide bonds. The summed E-state index contributed by atoms with van der Waals surface area (Å²) in [7, 11) is 0. The van der Waals surface area contributed by atoms with E-state index in [1.807, 2.05) is 24.3 Å². The normalized spacial score (nSPS) is 15.0. The summed E-state index contributed by atoms with van der Waals surface area (Å²) in [5.74, 6) is 0.622. The van der Waals surface area contributed by atoms with Gasteiger partial charge in [0, 0.05) is 38.8 Å². The van der Waals surface area contributed by atoms with Crippen molar-refractivity contribution in [3.63, 3.8) is 0 Å². The minimum Gasteiger partial charge on any atom is -0.354 e. The Morgan fingerprint density at radius 2 is 1.83 bits per heavy atom. The van der Waals surface area contributed by atoms with Gasteiger partial charge in [-0.05, 0) is 11.6 Å². The largest absolute Gasteiger partial charge is 0.354 e. The fourth-order valence-electron chi connectivity index (χ4n) is 2.82. The fourth-order valence-corrected chi connectivity index (χ4v) is 2.82. The maximum absolute atomic E-state index is 10.9. The van der Waals surface area contributed by atoms with Gasteiger partial charge in [-0.15, -0.1) is 0 Å². The Kier molecular flexibility index (Phi) is 4.68. The Morgan fingerprint density at radius 1 is 1.12 bits per heavy atom. The molecule has 122 valence electrons. The van der Waals surface area contributed by atoms with Crippen molar-refractivity contribution in [2.24, 2.45) is 0 Å². The molecule has 0 radical (unpaired) electrons. The summed E-state index contributed by atoms with van der Waals surface area (Å²) in [6.45, 7) is 4.24. The lowest BCUT2D eigenvalue weighted by atomic mass is 10.2.